The highest BCUT2D eigenvalue weighted by Gasteiger charge is 2.20. The first-order valence-electron chi connectivity index (χ1n) is 4.97. The van der Waals surface area contributed by atoms with E-state index in [0.717, 1.165) is 24.6 Å². The van der Waals surface area contributed by atoms with Gasteiger partial charge in [-0.15, -0.1) is 5.10 Å². The Kier molecular flexibility index (Phi) is 3.73. The molecule has 1 aromatic heterocycles. The Morgan fingerprint density at radius 2 is 2.31 bits per heavy atom. The predicted molar refractivity (Wildman–Crippen MR) is 55.3 cm³/mol. The summed E-state index contributed by atoms with van der Waals surface area (Å²) in [5.74, 6) is -0.893. The molecule has 0 saturated carbocycles. The molecule has 0 amide bonds. The van der Waals surface area contributed by atoms with Crippen LogP contribution in [0.5, 0.6) is 0 Å². The number of thioether (sulfide) groups is 1. The largest absolute Gasteiger partial charge is 0.481 e. The second-order valence-corrected chi connectivity index (χ2v) is 4.37. The van der Waals surface area contributed by atoms with Crippen molar-refractivity contribution in [2.45, 2.75) is 24.0 Å². The molecule has 0 radical (unpaired) electrons. The molecule has 0 spiro atoms. The quantitative estimate of drug-likeness (QED) is 0.756. The maximum Gasteiger partial charge on any atom is 0.313 e. The predicted octanol–water partition coefficient (Wildman–Crippen LogP) is 0.201. The zero-order chi connectivity index (χ0) is 11.4. The summed E-state index contributed by atoms with van der Waals surface area (Å²) in [7, 11) is 0. The third-order valence-electron chi connectivity index (χ3n) is 2.32. The summed E-state index contributed by atoms with van der Waals surface area (Å²) in [5, 5.41) is 20.5. The van der Waals surface area contributed by atoms with Gasteiger partial charge >= 0.3 is 5.97 Å². The van der Waals surface area contributed by atoms with Crippen LogP contribution in [0.1, 0.15) is 18.9 Å². The van der Waals surface area contributed by atoms with Gasteiger partial charge in [-0.25, -0.2) is 4.68 Å². The lowest BCUT2D eigenvalue weighted by Gasteiger charge is -2.22. The Bertz CT molecular complexity index is 364. The fourth-order valence-corrected chi connectivity index (χ4v) is 2.23. The third-order valence-corrected chi connectivity index (χ3v) is 3.24. The zero-order valence-corrected chi connectivity index (χ0v) is 9.39. The van der Waals surface area contributed by atoms with Crippen LogP contribution >= 0.6 is 11.8 Å². The minimum absolute atomic E-state index is 0.0242. The van der Waals surface area contributed by atoms with Crippen LogP contribution in [0.15, 0.2) is 5.16 Å². The van der Waals surface area contributed by atoms with Gasteiger partial charge in [-0.1, -0.05) is 11.8 Å². The van der Waals surface area contributed by atoms with Crippen LogP contribution < -0.4 is 0 Å². The van der Waals surface area contributed by atoms with Gasteiger partial charge in [0.25, 0.3) is 0 Å². The molecule has 1 aliphatic rings. The number of hydrogen-bond donors (Lipinski definition) is 1. The molecular formula is C8H12N4O3S. The van der Waals surface area contributed by atoms with Crippen molar-refractivity contribution in [2.24, 2.45) is 0 Å². The Labute approximate surface area is 96.2 Å². The molecular weight excluding hydrogens is 232 g/mol. The number of aliphatic carboxylic acids is 1. The van der Waals surface area contributed by atoms with Crippen LogP contribution in [0.2, 0.25) is 0 Å². The second-order valence-electron chi connectivity index (χ2n) is 3.43. The highest BCUT2D eigenvalue weighted by Crippen LogP contribution is 2.24. The van der Waals surface area contributed by atoms with Crippen molar-refractivity contribution in [3.05, 3.63) is 0 Å². The minimum Gasteiger partial charge on any atom is -0.481 e. The van der Waals surface area contributed by atoms with Gasteiger partial charge in [0.15, 0.2) is 0 Å². The molecule has 1 saturated heterocycles. The van der Waals surface area contributed by atoms with Crippen LogP contribution in [-0.4, -0.2) is 50.2 Å². The standard InChI is InChI=1S/C8H12N4O3S/c13-7(14)5-16-8-9-10-11-12(8)6-1-3-15-4-2-6/h6H,1-5H2,(H,13,14). The molecule has 8 heteroatoms. The first-order valence-corrected chi connectivity index (χ1v) is 5.96. The molecule has 2 heterocycles. The highest BCUT2D eigenvalue weighted by molar-refractivity contribution is 7.99. The summed E-state index contributed by atoms with van der Waals surface area (Å²) in [4.78, 5) is 10.5. The molecule has 0 bridgehead atoms. The molecule has 7 nitrogen and oxygen atoms in total. The lowest BCUT2D eigenvalue weighted by Crippen LogP contribution is -2.21. The molecule has 1 N–H and O–H groups in total. The van der Waals surface area contributed by atoms with Gasteiger partial charge in [0.05, 0.1) is 11.8 Å². The van der Waals surface area contributed by atoms with Crippen molar-refractivity contribution in [3.63, 3.8) is 0 Å². The summed E-state index contributed by atoms with van der Waals surface area (Å²) in [5.41, 5.74) is 0. The van der Waals surface area contributed by atoms with E-state index in [1.54, 1.807) is 4.68 Å². The molecule has 88 valence electrons. The summed E-state index contributed by atoms with van der Waals surface area (Å²) in [6, 6.07) is 0.222. The Balaban J connectivity index is 2.02. The van der Waals surface area contributed by atoms with Gasteiger partial charge in [-0.3, -0.25) is 4.79 Å². The van der Waals surface area contributed by atoms with Crippen molar-refractivity contribution in [2.75, 3.05) is 19.0 Å². The van der Waals surface area contributed by atoms with Crippen LogP contribution in [0, 0.1) is 0 Å². The number of nitrogens with zero attached hydrogens (tertiary/aromatic N) is 4. The zero-order valence-electron chi connectivity index (χ0n) is 8.57. The van der Waals surface area contributed by atoms with Crippen molar-refractivity contribution in [3.8, 4) is 0 Å². The average Bonchev–Trinajstić information content (AvgIpc) is 2.75. The number of carboxylic acid groups (broad SMARTS) is 1. The van der Waals surface area contributed by atoms with E-state index in [2.05, 4.69) is 15.5 Å². The molecule has 0 aliphatic carbocycles. The first-order chi connectivity index (χ1) is 7.77. The number of ether oxygens (including phenoxy) is 1. The van der Waals surface area contributed by atoms with E-state index in [1.165, 1.54) is 0 Å². The summed E-state index contributed by atoms with van der Waals surface area (Å²) in [6.07, 6.45) is 1.73. The van der Waals surface area contributed by atoms with Crippen LogP contribution in [0.4, 0.5) is 0 Å². The molecule has 1 fully saturated rings. The summed E-state index contributed by atoms with van der Waals surface area (Å²) < 4.78 is 6.96. The van der Waals surface area contributed by atoms with E-state index >= 15 is 0 Å². The summed E-state index contributed by atoms with van der Waals surface area (Å²) in [6.45, 7) is 1.40. The van der Waals surface area contributed by atoms with Gasteiger partial charge < -0.3 is 9.84 Å². The lowest BCUT2D eigenvalue weighted by atomic mass is 10.1. The van der Waals surface area contributed by atoms with E-state index in [-0.39, 0.29) is 11.8 Å². The van der Waals surface area contributed by atoms with E-state index in [9.17, 15) is 4.79 Å². The van der Waals surface area contributed by atoms with Gasteiger partial charge in [0.1, 0.15) is 0 Å². The van der Waals surface area contributed by atoms with E-state index < -0.39 is 5.97 Å². The summed E-state index contributed by atoms with van der Waals surface area (Å²) >= 11 is 1.14. The molecule has 0 unspecified atom stereocenters. The normalized spacial score (nSPS) is 17.5. The number of carboxylic acids is 1. The molecule has 2 rings (SSSR count). The van der Waals surface area contributed by atoms with Gasteiger partial charge in [-0.05, 0) is 23.3 Å². The fourth-order valence-electron chi connectivity index (χ4n) is 1.57. The van der Waals surface area contributed by atoms with Crippen LogP contribution in [0.25, 0.3) is 0 Å². The maximum absolute atomic E-state index is 10.5. The van der Waals surface area contributed by atoms with Gasteiger partial charge in [0, 0.05) is 13.2 Å². The third kappa shape index (κ3) is 2.70. The van der Waals surface area contributed by atoms with E-state index in [1.807, 2.05) is 0 Å². The molecule has 1 aromatic rings. The number of tetrazole rings is 1. The van der Waals surface area contributed by atoms with Gasteiger partial charge in [0.2, 0.25) is 5.16 Å². The second kappa shape index (κ2) is 5.26. The minimum atomic E-state index is -0.869. The highest BCUT2D eigenvalue weighted by atomic mass is 32.2. The maximum atomic E-state index is 10.5. The molecule has 16 heavy (non-hydrogen) atoms. The molecule has 0 aromatic carbocycles. The monoisotopic (exact) mass is 244 g/mol. The van der Waals surface area contributed by atoms with Crippen LogP contribution in [-0.2, 0) is 9.53 Å². The van der Waals surface area contributed by atoms with Crippen molar-refractivity contribution in [1.82, 2.24) is 20.2 Å². The van der Waals surface area contributed by atoms with Crippen LogP contribution in [0.3, 0.4) is 0 Å². The number of rotatable bonds is 4. The smallest absolute Gasteiger partial charge is 0.313 e. The average molecular weight is 244 g/mol. The lowest BCUT2D eigenvalue weighted by molar-refractivity contribution is -0.133. The van der Waals surface area contributed by atoms with Gasteiger partial charge in [-0.2, -0.15) is 0 Å². The fraction of sp³-hybridized carbons (Fsp3) is 0.750. The Hall–Kier alpha value is -1.15. The van der Waals surface area contributed by atoms with E-state index in [4.69, 9.17) is 9.84 Å². The SMILES string of the molecule is O=C(O)CSc1nnnn1C1CCOCC1. The molecule has 1 aliphatic heterocycles. The number of hydrogen-bond acceptors (Lipinski definition) is 6. The van der Waals surface area contributed by atoms with E-state index in [0.29, 0.717) is 18.4 Å². The Morgan fingerprint density at radius 3 is 3.00 bits per heavy atom. The number of aromatic nitrogens is 4. The Morgan fingerprint density at radius 1 is 1.56 bits per heavy atom. The van der Waals surface area contributed by atoms with Crippen molar-refractivity contribution < 1.29 is 14.6 Å². The number of carbonyl (C=O) groups is 1. The van der Waals surface area contributed by atoms with Crippen molar-refractivity contribution in [1.29, 1.82) is 0 Å². The topological polar surface area (TPSA) is 90.1 Å². The molecule has 0 atom stereocenters. The van der Waals surface area contributed by atoms with Crippen molar-refractivity contribution >= 4 is 17.7 Å². The first kappa shape index (κ1) is 11.3.